The molecule has 0 aromatic heterocycles. The van der Waals surface area contributed by atoms with Crippen molar-refractivity contribution >= 4 is 23.2 Å². The lowest BCUT2D eigenvalue weighted by molar-refractivity contribution is -0.0257. The summed E-state index contributed by atoms with van der Waals surface area (Å²) in [5.41, 5.74) is 1.68. The van der Waals surface area contributed by atoms with E-state index >= 15 is 0 Å². The highest BCUT2D eigenvalue weighted by Gasteiger charge is 2.47. The molecular weight excluding hydrogens is 408 g/mol. The lowest BCUT2D eigenvalue weighted by atomic mass is 10.0. The van der Waals surface area contributed by atoms with Gasteiger partial charge in [-0.3, -0.25) is 9.69 Å². The third kappa shape index (κ3) is 3.93. The SMILES string of the molecule is C#Cc1cc(C(=O)Nc2ccc3c(c2)C(F)(F)CC3N2CCN(C)CC2)ccc1Cl. The number of alkyl halides is 2. The fraction of sp³-hybridized carbons (Fsp3) is 0.348. The number of likely N-dealkylation sites (N-methyl/N-ethyl adjacent to an activating group) is 1. The molecule has 1 aliphatic heterocycles. The number of carbonyl (C=O) groups is 1. The van der Waals surface area contributed by atoms with Crippen LogP contribution in [0.2, 0.25) is 5.02 Å². The van der Waals surface area contributed by atoms with E-state index in [1.165, 1.54) is 12.1 Å². The van der Waals surface area contributed by atoms with Crippen LogP contribution in [0.5, 0.6) is 0 Å². The molecular formula is C23H22ClF2N3O. The van der Waals surface area contributed by atoms with Gasteiger partial charge in [-0.15, -0.1) is 6.42 Å². The highest BCUT2D eigenvalue weighted by molar-refractivity contribution is 6.31. The van der Waals surface area contributed by atoms with Crippen LogP contribution in [-0.2, 0) is 5.92 Å². The summed E-state index contributed by atoms with van der Waals surface area (Å²) in [6.45, 7) is 3.27. The van der Waals surface area contributed by atoms with Gasteiger partial charge in [-0.25, -0.2) is 8.78 Å². The van der Waals surface area contributed by atoms with Crippen LogP contribution in [0.1, 0.15) is 39.5 Å². The molecule has 1 fully saturated rings. The van der Waals surface area contributed by atoms with Crippen LogP contribution in [0.15, 0.2) is 36.4 Å². The van der Waals surface area contributed by atoms with Crippen LogP contribution >= 0.6 is 11.6 Å². The van der Waals surface area contributed by atoms with Crippen LogP contribution in [0, 0.1) is 12.3 Å². The first-order valence-electron chi connectivity index (χ1n) is 9.81. The van der Waals surface area contributed by atoms with Crippen LogP contribution in [0.3, 0.4) is 0 Å². The number of rotatable bonds is 3. The molecule has 0 spiro atoms. The molecule has 1 amide bonds. The van der Waals surface area contributed by atoms with E-state index in [4.69, 9.17) is 18.0 Å². The van der Waals surface area contributed by atoms with E-state index in [-0.39, 0.29) is 18.0 Å². The average molecular weight is 430 g/mol. The summed E-state index contributed by atoms with van der Waals surface area (Å²) in [5, 5.41) is 3.07. The second kappa shape index (κ2) is 7.99. The van der Waals surface area contributed by atoms with Crippen molar-refractivity contribution in [2.45, 2.75) is 18.4 Å². The predicted molar refractivity (Wildman–Crippen MR) is 114 cm³/mol. The molecule has 7 heteroatoms. The van der Waals surface area contributed by atoms with Gasteiger partial charge in [0.1, 0.15) is 0 Å². The van der Waals surface area contributed by atoms with Gasteiger partial charge in [0.25, 0.3) is 11.8 Å². The number of terminal acetylenes is 1. The van der Waals surface area contributed by atoms with Gasteiger partial charge < -0.3 is 10.2 Å². The van der Waals surface area contributed by atoms with E-state index in [0.717, 1.165) is 26.2 Å². The number of halogens is 3. The van der Waals surface area contributed by atoms with Crippen molar-refractivity contribution in [3.63, 3.8) is 0 Å². The standard InChI is InChI=1S/C23H22ClF2N3O/c1-3-15-12-16(4-7-20(15)24)22(30)27-17-5-6-18-19(13-17)23(25,26)14-21(18)29-10-8-28(2)9-11-29/h1,4-7,12-13,21H,8-11,14H2,2H3,(H,27,30). The summed E-state index contributed by atoms with van der Waals surface area (Å²) in [4.78, 5) is 16.9. The number of carbonyl (C=O) groups excluding carboxylic acids is 1. The van der Waals surface area contributed by atoms with Gasteiger partial charge in [-0.05, 0) is 42.9 Å². The number of hydrogen-bond acceptors (Lipinski definition) is 3. The zero-order valence-electron chi connectivity index (χ0n) is 16.6. The van der Waals surface area contributed by atoms with Gasteiger partial charge in [-0.2, -0.15) is 0 Å². The molecule has 4 nitrogen and oxygen atoms in total. The van der Waals surface area contributed by atoms with E-state index in [1.54, 1.807) is 24.3 Å². The molecule has 2 aromatic rings. The van der Waals surface area contributed by atoms with E-state index < -0.39 is 11.8 Å². The first-order valence-corrected chi connectivity index (χ1v) is 10.2. The van der Waals surface area contributed by atoms with Crippen LogP contribution in [-0.4, -0.2) is 48.9 Å². The molecule has 1 unspecified atom stereocenters. The monoisotopic (exact) mass is 429 g/mol. The van der Waals surface area contributed by atoms with Gasteiger partial charge >= 0.3 is 0 Å². The number of hydrogen-bond donors (Lipinski definition) is 1. The minimum absolute atomic E-state index is 0.00959. The molecule has 1 aliphatic carbocycles. The highest BCUT2D eigenvalue weighted by atomic mass is 35.5. The molecule has 1 atom stereocenters. The van der Waals surface area contributed by atoms with E-state index in [2.05, 4.69) is 21.0 Å². The summed E-state index contributed by atoms with van der Waals surface area (Å²) in [6, 6.07) is 9.07. The summed E-state index contributed by atoms with van der Waals surface area (Å²) < 4.78 is 29.6. The Morgan fingerprint density at radius 1 is 1.20 bits per heavy atom. The average Bonchev–Trinajstić information content (AvgIpc) is 2.99. The second-order valence-corrected chi connectivity index (χ2v) is 8.27. The zero-order chi connectivity index (χ0) is 21.5. The van der Waals surface area contributed by atoms with Gasteiger partial charge in [0, 0.05) is 61.0 Å². The Bertz CT molecular complexity index is 1030. The van der Waals surface area contributed by atoms with Gasteiger partial charge in [0.15, 0.2) is 0 Å². The summed E-state index contributed by atoms with van der Waals surface area (Å²) >= 11 is 5.98. The van der Waals surface area contributed by atoms with Crippen molar-refractivity contribution in [3.8, 4) is 12.3 Å². The molecule has 0 saturated carbocycles. The first-order chi connectivity index (χ1) is 14.3. The maximum absolute atomic E-state index is 14.8. The third-order valence-corrected chi connectivity index (χ3v) is 6.21. The van der Waals surface area contributed by atoms with Gasteiger partial charge in [0.05, 0.1) is 5.02 Å². The Balaban J connectivity index is 1.56. The van der Waals surface area contributed by atoms with Crippen molar-refractivity contribution < 1.29 is 13.6 Å². The molecule has 1 N–H and O–H groups in total. The normalized spacial score (nSPS) is 21.1. The fourth-order valence-electron chi connectivity index (χ4n) is 4.14. The maximum Gasteiger partial charge on any atom is 0.275 e. The molecule has 0 radical (unpaired) electrons. The van der Waals surface area contributed by atoms with E-state index in [0.29, 0.717) is 27.4 Å². The van der Waals surface area contributed by atoms with Crippen LogP contribution < -0.4 is 5.32 Å². The Morgan fingerprint density at radius 2 is 1.93 bits per heavy atom. The molecule has 156 valence electrons. The van der Waals surface area contributed by atoms with Crippen LogP contribution in [0.4, 0.5) is 14.5 Å². The summed E-state index contributed by atoms with van der Waals surface area (Å²) in [6.07, 6.45) is 5.16. The highest BCUT2D eigenvalue weighted by Crippen LogP contribution is 2.50. The Labute approximate surface area is 179 Å². The summed E-state index contributed by atoms with van der Waals surface area (Å²) in [5.74, 6) is -0.941. The molecule has 2 aromatic carbocycles. The fourth-order valence-corrected chi connectivity index (χ4v) is 4.32. The Hall–Kier alpha value is -2.46. The predicted octanol–water partition coefficient (Wildman–Crippen LogP) is 4.36. The Kier molecular flexibility index (Phi) is 5.54. The smallest absolute Gasteiger partial charge is 0.275 e. The minimum Gasteiger partial charge on any atom is -0.322 e. The maximum atomic E-state index is 14.8. The minimum atomic E-state index is -2.93. The molecule has 1 heterocycles. The Morgan fingerprint density at radius 3 is 2.63 bits per heavy atom. The molecule has 4 rings (SSSR count). The number of benzene rings is 2. The summed E-state index contributed by atoms with van der Waals surface area (Å²) in [7, 11) is 2.04. The number of amides is 1. The van der Waals surface area contributed by atoms with Crippen molar-refractivity contribution in [2.75, 3.05) is 38.5 Å². The number of anilines is 1. The van der Waals surface area contributed by atoms with Crippen molar-refractivity contribution in [2.24, 2.45) is 0 Å². The third-order valence-electron chi connectivity index (χ3n) is 5.88. The molecule has 1 saturated heterocycles. The van der Waals surface area contributed by atoms with Gasteiger partial charge in [-0.1, -0.05) is 23.6 Å². The van der Waals surface area contributed by atoms with Crippen LogP contribution in [0.25, 0.3) is 0 Å². The van der Waals surface area contributed by atoms with Gasteiger partial charge in [0.2, 0.25) is 0 Å². The molecule has 0 bridgehead atoms. The van der Waals surface area contributed by atoms with Crippen molar-refractivity contribution in [1.29, 1.82) is 0 Å². The molecule has 2 aliphatic rings. The quantitative estimate of drug-likeness (QED) is 0.736. The number of nitrogens with zero attached hydrogens (tertiary/aromatic N) is 2. The number of piperazine rings is 1. The van der Waals surface area contributed by atoms with Crippen molar-refractivity contribution in [3.05, 3.63) is 63.7 Å². The van der Waals surface area contributed by atoms with E-state index in [1.807, 2.05) is 7.05 Å². The number of nitrogens with one attached hydrogen (secondary N) is 1. The second-order valence-electron chi connectivity index (χ2n) is 7.86. The number of fused-ring (bicyclic) bond motifs is 1. The van der Waals surface area contributed by atoms with Crippen molar-refractivity contribution in [1.82, 2.24) is 9.80 Å². The zero-order valence-corrected chi connectivity index (χ0v) is 17.3. The topological polar surface area (TPSA) is 35.6 Å². The first kappa shape index (κ1) is 20.8. The lowest BCUT2D eigenvalue weighted by Gasteiger charge is -2.36. The van der Waals surface area contributed by atoms with E-state index in [9.17, 15) is 13.6 Å². The molecule has 30 heavy (non-hydrogen) atoms. The lowest BCUT2D eigenvalue weighted by Crippen LogP contribution is -2.45. The largest absolute Gasteiger partial charge is 0.322 e.